The molecule has 0 fully saturated rings. The van der Waals surface area contributed by atoms with Crippen molar-refractivity contribution in [1.29, 1.82) is 0 Å². The highest BCUT2D eigenvalue weighted by Gasteiger charge is 2.18. The van der Waals surface area contributed by atoms with E-state index in [1.807, 2.05) is 44.6 Å². The quantitative estimate of drug-likeness (QED) is 0.729. The van der Waals surface area contributed by atoms with Gasteiger partial charge in [0.15, 0.2) is 0 Å². The van der Waals surface area contributed by atoms with Crippen LogP contribution in [0.3, 0.4) is 0 Å². The first-order valence-electron chi connectivity index (χ1n) is 8.49. The molecule has 1 atom stereocenters. The molecule has 0 aliphatic rings. The third-order valence-corrected chi connectivity index (χ3v) is 4.34. The summed E-state index contributed by atoms with van der Waals surface area (Å²) in [5.41, 5.74) is 3.79. The molecular formula is C18H22N6O2. The first kappa shape index (κ1) is 17.8. The molecule has 0 saturated carbocycles. The van der Waals surface area contributed by atoms with Gasteiger partial charge in [0.1, 0.15) is 11.7 Å². The third kappa shape index (κ3) is 3.79. The summed E-state index contributed by atoms with van der Waals surface area (Å²) in [6.07, 6.45) is 2.69. The maximum Gasteiger partial charge on any atom is 0.249 e. The lowest BCUT2D eigenvalue weighted by molar-refractivity contribution is -0.121. The Morgan fingerprint density at radius 2 is 2.15 bits per heavy atom. The molecule has 136 valence electrons. The minimum atomic E-state index is -0.372. The van der Waals surface area contributed by atoms with E-state index >= 15 is 0 Å². The molecule has 0 aliphatic heterocycles. The Morgan fingerprint density at radius 1 is 1.35 bits per heavy atom. The molecule has 0 aromatic carbocycles. The van der Waals surface area contributed by atoms with Crippen LogP contribution in [0.1, 0.15) is 42.2 Å². The Labute approximate surface area is 151 Å². The molecule has 3 heterocycles. The summed E-state index contributed by atoms with van der Waals surface area (Å²) in [4.78, 5) is 20.8. The summed E-state index contributed by atoms with van der Waals surface area (Å²) in [5, 5.41) is 11.2. The van der Waals surface area contributed by atoms with E-state index in [2.05, 4.69) is 25.5 Å². The van der Waals surface area contributed by atoms with Gasteiger partial charge in [-0.1, -0.05) is 11.2 Å². The minimum Gasteiger partial charge on any atom is -0.345 e. The fourth-order valence-corrected chi connectivity index (χ4v) is 2.80. The summed E-state index contributed by atoms with van der Waals surface area (Å²) in [5.74, 6) is 0.689. The maximum absolute atomic E-state index is 12.3. The number of carbonyl (C=O) groups excluding carboxylic acids is 1. The van der Waals surface area contributed by atoms with Crippen LogP contribution in [-0.2, 0) is 18.3 Å². The van der Waals surface area contributed by atoms with Crippen LogP contribution in [0.15, 0.2) is 28.9 Å². The standard InChI is InChI=1S/C18H22N6O2/c1-11-14(13(3)24(4)22-11)8-9-16(25)20-12(2)18-21-17(23-26-18)15-7-5-6-10-19-15/h5-7,10,12H,8-9H2,1-4H3,(H,20,25). The van der Waals surface area contributed by atoms with Gasteiger partial charge in [0.05, 0.1) is 5.69 Å². The van der Waals surface area contributed by atoms with Crippen LogP contribution in [0.25, 0.3) is 11.5 Å². The van der Waals surface area contributed by atoms with Crippen LogP contribution >= 0.6 is 0 Å². The molecule has 3 rings (SSSR count). The number of nitrogens with one attached hydrogen (secondary N) is 1. The van der Waals surface area contributed by atoms with E-state index in [4.69, 9.17) is 4.52 Å². The highest BCUT2D eigenvalue weighted by atomic mass is 16.5. The molecule has 1 unspecified atom stereocenters. The van der Waals surface area contributed by atoms with Gasteiger partial charge in [0, 0.05) is 25.4 Å². The van der Waals surface area contributed by atoms with E-state index in [0.29, 0.717) is 30.3 Å². The van der Waals surface area contributed by atoms with Crippen molar-refractivity contribution in [3.05, 3.63) is 47.2 Å². The predicted molar refractivity (Wildman–Crippen MR) is 95.1 cm³/mol. The van der Waals surface area contributed by atoms with E-state index in [1.54, 1.807) is 12.3 Å². The number of aromatic nitrogens is 5. The molecular weight excluding hydrogens is 332 g/mol. The fourth-order valence-electron chi connectivity index (χ4n) is 2.80. The third-order valence-electron chi connectivity index (χ3n) is 4.34. The number of carbonyl (C=O) groups is 1. The molecule has 0 spiro atoms. The Hall–Kier alpha value is -3.03. The van der Waals surface area contributed by atoms with Crippen LogP contribution in [0, 0.1) is 13.8 Å². The first-order chi connectivity index (χ1) is 12.5. The number of nitrogens with zero attached hydrogens (tertiary/aromatic N) is 5. The molecule has 26 heavy (non-hydrogen) atoms. The smallest absolute Gasteiger partial charge is 0.249 e. The van der Waals surface area contributed by atoms with E-state index in [9.17, 15) is 4.79 Å². The van der Waals surface area contributed by atoms with Crippen LogP contribution < -0.4 is 5.32 Å². The Morgan fingerprint density at radius 3 is 2.81 bits per heavy atom. The lowest BCUT2D eigenvalue weighted by atomic mass is 10.1. The van der Waals surface area contributed by atoms with Gasteiger partial charge >= 0.3 is 0 Å². The van der Waals surface area contributed by atoms with Gasteiger partial charge in [0.25, 0.3) is 0 Å². The Kier molecular flexibility index (Phi) is 5.11. The molecule has 8 nitrogen and oxygen atoms in total. The van der Waals surface area contributed by atoms with Crippen molar-refractivity contribution in [2.75, 3.05) is 0 Å². The summed E-state index contributed by atoms with van der Waals surface area (Å²) in [6, 6.07) is 5.10. The Bertz CT molecular complexity index is 900. The van der Waals surface area contributed by atoms with E-state index in [1.165, 1.54) is 0 Å². The molecule has 3 aromatic heterocycles. The molecule has 0 radical (unpaired) electrons. The Balaban J connectivity index is 1.58. The fraction of sp³-hybridized carbons (Fsp3) is 0.389. The van der Waals surface area contributed by atoms with Crippen molar-refractivity contribution in [3.63, 3.8) is 0 Å². The number of hydrogen-bond donors (Lipinski definition) is 1. The number of aryl methyl sites for hydroxylation is 2. The zero-order valence-corrected chi connectivity index (χ0v) is 15.4. The van der Waals surface area contributed by atoms with Crippen LogP contribution in [0.4, 0.5) is 0 Å². The number of hydrogen-bond acceptors (Lipinski definition) is 6. The van der Waals surface area contributed by atoms with E-state index in [0.717, 1.165) is 17.0 Å². The average molecular weight is 354 g/mol. The lowest BCUT2D eigenvalue weighted by Gasteiger charge is -2.09. The molecule has 1 amide bonds. The average Bonchev–Trinajstić information content (AvgIpc) is 3.20. The van der Waals surface area contributed by atoms with Gasteiger partial charge in [-0.3, -0.25) is 14.5 Å². The minimum absolute atomic E-state index is 0.0715. The maximum atomic E-state index is 12.3. The first-order valence-corrected chi connectivity index (χ1v) is 8.49. The van der Waals surface area contributed by atoms with Gasteiger partial charge in [0.2, 0.25) is 17.6 Å². The summed E-state index contributed by atoms with van der Waals surface area (Å²) < 4.78 is 7.09. The van der Waals surface area contributed by atoms with Crippen LogP contribution in [0.5, 0.6) is 0 Å². The second-order valence-corrected chi connectivity index (χ2v) is 6.23. The summed E-state index contributed by atoms with van der Waals surface area (Å²) >= 11 is 0. The highest BCUT2D eigenvalue weighted by molar-refractivity contribution is 5.76. The van der Waals surface area contributed by atoms with Crippen molar-refractivity contribution in [3.8, 4) is 11.5 Å². The number of pyridine rings is 1. The normalized spacial score (nSPS) is 12.2. The molecule has 0 bridgehead atoms. The summed E-state index contributed by atoms with van der Waals surface area (Å²) in [7, 11) is 1.91. The van der Waals surface area contributed by atoms with Gasteiger partial charge in [-0.15, -0.1) is 0 Å². The van der Waals surface area contributed by atoms with Crippen molar-refractivity contribution < 1.29 is 9.32 Å². The van der Waals surface area contributed by atoms with Gasteiger partial charge < -0.3 is 9.84 Å². The second-order valence-electron chi connectivity index (χ2n) is 6.23. The molecule has 8 heteroatoms. The molecule has 0 aliphatic carbocycles. The zero-order valence-electron chi connectivity index (χ0n) is 15.4. The SMILES string of the molecule is Cc1nn(C)c(C)c1CCC(=O)NC(C)c1nc(-c2ccccn2)no1. The monoisotopic (exact) mass is 354 g/mol. The van der Waals surface area contributed by atoms with E-state index < -0.39 is 0 Å². The van der Waals surface area contributed by atoms with Crippen LogP contribution in [-0.4, -0.2) is 30.8 Å². The van der Waals surface area contributed by atoms with Crippen molar-refractivity contribution >= 4 is 5.91 Å². The molecule has 1 N–H and O–H groups in total. The van der Waals surface area contributed by atoms with Crippen molar-refractivity contribution in [1.82, 2.24) is 30.2 Å². The van der Waals surface area contributed by atoms with Crippen LogP contribution in [0.2, 0.25) is 0 Å². The van der Waals surface area contributed by atoms with Gasteiger partial charge in [-0.2, -0.15) is 10.1 Å². The van der Waals surface area contributed by atoms with Gasteiger partial charge in [-0.25, -0.2) is 0 Å². The lowest BCUT2D eigenvalue weighted by Crippen LogP contribution is -2.27. The second kappa shape index (κ2) is 7.47. The number of rotatable bonds is 6. The largest absolute Gasteiger partial charge is 0.345 e. The summed E-state index contributed by atoms with van der Waals surface area (Å²) in [6.45, 7) is 5.78. The predicted octanol–water partition coefficient (Wildman–Crippen LogP) is 2.29. The molecule has 3 aromatic rings. The highest BCUT2D eigenvalue weighted by Crippen LogP contribution is 2.17. The van der Waals surface area contributed by atoms with Crippen molar-refractivity contribution in [2.45, 2.75) is 39.7 Å². The molecule has 0 saturated heterocycles. The van der Waals surface area contributed by atoms with Gasteiger partial charge in [-0.05, 0) is 44.9 Å². The topological polar surface area (TPSA) is 98.7 Å². The zero-order chi connectivity index (χ0) is 18.7. The van der Waals surface area contributed by atoms with E-state index in [-0.39, 0.29) is 11.9 Å². The number of amides is 1. The van der Waals surface area contributed by atoms with Crippen molar-refractivity contribution in [2.24, 2.45) is 7.05 Å².